The Kier molecular flexibility index (Phi) is 8.85. The molecular weight excluding hydrogens is 859 g/mol. The molecule has 0 unspecified atom stereocenters. The second-order valence-electron chi connectivity index (χ2n) is 13.9. The molecule has 0 bridgehead atoms. The number of para-hydroxylation sites is 1. The maximum Gasteiger partial charge on any atom is 0.417 e. The third-order valence-electron chi connectivity index (χ3n) is 11.2. The van der Waals surface area contributed by atoms with Gasteiger partial charge in [-0.05, 0) is 102 Å². The van der Waals surface area contributed by atoms with Gasteiger partial charge in [0.25, 0.3) is 11.8 Å². The SMILES string of the molecule is Cc1cccc([C@H]2C3=CC[C@@H]4C(=O)N(c5ccc(I)cc5)C(=O)[C@@H]4[C@@H]3C[C@H]3C(=O)N(Nc4ncc(C(F)(F)F)cc4Cl)C(=O)[C@@]23c2ccc(Cl)cc2)c1O. The van der Waals surface area contributed by atoms with Crippen LogP contribution in [0.5, 0.6) is 5.75 Å². The largest absolute Gasteiger partial charge is 0.507 e. The topological polar surface area (TPSA) is 120 Å². The zero-order valence-electron chi connectivity index (χ0n) is 28.1. The maximum absolute atomic E-state index is 15.3. The van der Waals surface area contributed by atoms with Crippen LogP contribution in [-0.4, -0.2) is 38.7 Å². The highest BCUT2D eigenvalue weighted by Gasteiger charge is 2.70. The molecule has 8 rings (SSSR count). The number of phenolic OH excluding ortho intramolecular Hbond substituents is 1. The lowest BCUT2D eigenvalue weighted by Crippen LogP contribution is -2.53. The fourth-order valence-corrected chi connectivity index (χ4v) is 9.58. The van der Waals surface area contributed by atoms with Gasteiger partial charge in [0.1, 0.15) is 5.75 Å². The highest BCUT2D eigenvalue weighted by Crippen LogP contribution is 2.65. The number of phenols is 1. The number of alkyl halides is 3. The van der Waals surface area contributed by atoms with Gasteiger partial charge >= 0.3 is 6.18 Å². The Labute approximate surface area is 330 Å². The number of fused-ring (bicyclic) bond motifs is 4. The number of aromatic hydroxyl groups is 1. The summed E-state index contributed by atoms with van der Waals surface area (Å²) in [4.78, 5) is 63.5. The molecule has 3 fully saturated rings. The normalized spacial score (nSPS) is 26.4. The molecule has 4 amide bonds. The number of allylic oxidation sites excluding steroid dienone is 2. The van der Waals surface area contributed by atoms with Crippen LogP contribution in [0.2, 0.25) is 10.0 Å². The lowest BCUT2D eigenvalue weighted by atomic mass is 9.49. The number of aryl methyl sites for hydroxylation is 1. The number of amides is 4. The number of pyridine rings is 1. The lowest BCUT2D eigenvalue weighted by molar-refractivity contribution is -0.139. The molecule has 1 saturated carbocycles. The maximum atomic E-state index is 15.3. The Balaban J connectivity index is 1.32. The number of anilines is 2. The molecular formula is C39H28Cl2F3IN4O5. The Bertz CT molecular complexity index is 2300. The van der Waals surface area contributed by atoms with Gasteiger partial charge in [-0.1, -0.05) is 65.2 Å². The molecule has 4 aromatic rings. The number of hydrogen-bond donors (Lipinski definition) is 2. The second kappa shape index (κ2) is 13.1. The molecule has 2 saturated heterocycles. The van der Waals surface area contributed by atoms with E-state index in [9.17, 15) is 32.7 Å². The number of carbonyl (C=O) groups excluding carboxylic acids is 4. The third-order valence-corrected chi connectivity index (χ3v) is 12.5. The van der Waals surface area contributed by atoms with Gasteiger partial charge in [-0.3, -0.25) is 29.5 Å². The van der Waals surface area contributed by atoms with Crippen molar-refractivity contribution in [1.82, 2.24) is 9.99 Å². The van der Waals surface area contributed by atoms with Gasteiger partial charge in [0.2, 0.25) is 11.8 Å². The van der Waals surface area contributed by atoms with Gasteiger partial charge < -0.3 is 5.11 Å². The number of hydrogen-bond acceptors (Lipinski definition) is 7. The van der Waals surface area contributed by atoms with Gasteiger partial charge in [-0.15, -0.1) is 0 Å². The first kappa shape index (κ1) is 36.5. The molecule has 276 valence electrons. The average molecular weight is 887 g/mol. The number of aromatic nitrogens is 1. The van der Waals surface area contributed by atoms with Crippen molar-refractivity contribution in [3.05, 3.63) is 127 Å². The fourth-order valence-electron chi connectivity index (χ4n) is 8.89. The third kappa shape index (κ3) is 5.44. The number of rotatable bonds is 5. The number of carbonyl (C=O) groups is 4. The van der Waals surface area contributed by atoms with Crippen molar-refractivity contribution >= 4 is 80.9 Å². The minimum absolute atomic E-state index is 0.0465. The summed E-state index contributed by atoms with van der Waals surface area (Å²) in [5.41, 5.74) is 1.95. The van der Waals surface area contributed by atoms with Crippen LogP contribution >= 0.6 is 45.8 Å². The van der Waals surface area contributed by atoms with Crippen LogP contribution in [0, 0.1) is 34.2 Å². The molecule has 2 aliphatic carbocycles. The van der Waals surface area contributed by atoms with Crippen LogP contribution < -0.4 is 10.3 Å². The van der Waals surface area contributed by atoms with Crippen molar-refractivity contribution in [3.63, 3.8) is 0 Å². The van der Waals surface area contributed by atoms with Gasteiger partial charge in [0, 0.05) is 26.3 Å². The first-order valence-electron chi connectivity index (χ1n) is 16.9. The van der Waals surface area contributed by atoms with Crippen LogP contribution in [0.25, 0.3) is 0 Å². The molecule has 3 heterocycles. The summed E-state index contributed by atoms with van der Waals surface area (Å²) in [5.74, 6) is -7.40. The first-order valence-corrected chi connectivity index (χ1v) is 18.7. The summed E-state index contributed by atoms with van der Waals surface area (Å²) in [5, 5.41) is 12.3. The molecule has 1 aromatic heterocycles. The van der Waals surface area contributed by atoms with E-state index in [1.807, 2.05) is 6.08 Å². The predicted octanol–water partition coefficient (Wildman–Crippen LogP) is 8.22. The summed E-state index contributed by atoms with van der Waals surface area (Å²) in [6.45, 7) is 1.70. The summed E-state index contributed by atoms with van der Waals surface area (Å²) in [7, 11) is 0. The van der Waals surface area contributed by atoms with Crippen LogP contribution in [0.15, 0.2) is 90.6 Å². The van der Waals surface area contributed by atoms with E-state index in [1.165, 1.54) is 4.90 Å². The highest BCUT2D eigenvalue weighted by atomic mass is 127. The molecule has 3 aromatic carbocycles. The van der Waals surface area contributed by atoms with Crippen LogP contribution in [-0.2, 0) is 30.8 Å². The second-order valence-corrected chi connectivity index (χ2v) is 16.0. The monoisotopic (exact) mass is 886 g/mol. The Morgan fingerprint density at radius 2 is 1.65 bits per heavy atom. The van der Waals surface area contributed by atoms with Crippen LogP contribution in [0.4, 0.5) is 24.7 Å². The van der Waals surface area contributed by atoms with Gasteiger partial charge in [0.05, 0.1) is 39.4 Å². The zero-order valence-corrected chi connectivity index (χ0v) is 31.7. The summed E-state index contributed by atoms with van der Waals surface area (Å²) < 4.78 is 41.3. The molecule has 0 spiro atoms. The minimum atomic E-state index is -4.75. The van der Waals surface area contributed by atoms with E-state index in [0.29, 0.717) is 45.2 Å². The molecule has 9 nitrogen and oxygen atoms in total. The summed E-state index contributed by atoms with van der Waals surface area (Å²) >= 11 is 14.7. The number of imide groups is 2. The highest BCUT2D eigenvalue weighted by molar-refractivity contribution is 14.1. The molecule has 15 heteroatoms. The predicted molar refractivity (Wildman–Crippen MR) is 201 cm³/mol. The average Bonchev–Trinajstić information content (AvgIpc) is 3.51. The molecule has 2 aliphatic heterocycles. The van der Waals surface area contributed by atoms with E-state index in [2.05, 4.69) is 33.0 Å². The number of nitrogens with zero attached hydrogens (tertiary/aromatic N) is 3. The van der Waals surface area contributed by atoms with Crippen molar-refractivity contribution in [2.45, 2.75) is 37.3 Å². The molecule has 6 atom stereocenters. The van der Waals surface area contributed by atoms with Crippen molar-refractivity contribution < 1.29 is 37.5 Å². The van der Waals surface area contributed by atoms with Crippen LogP contribution in [0.1, 0.15) is 41.0 Å². The number of benzene rings is 3. The lowest BCUT2D eigenvalue weighted by Gasteiger charge is -2.50. The van der Waals surface area contributed by atoms with Crippen molar-refractivity contribution in [3.8, 4) is 5.75 Å². The molecule has 54 heavy (non-hydrogen) atoms. The molecule has 4 aliphatic rings. The van der Waals surface area contributed by atoms with E-state index >= 15 is 4.79 Å². The number of hydrazine groups is 1. The minimum Gasteiger partial charge on any atom is -0.507 e. The Hall–Kier alpha value is -4.47. The smallest absolute Gasteiger partial charge is 0.417 e. The van der Waals surface area contributed by atoms with Crippen LogP contribution in [0.3, 0.4) is 0 Å². The Morgan fingerprint density at radius 3 is 2.31 bits per heavy atom. The fraction of sp³-hybridized carbons (Fsp3) is 0.256. The van der Waals surface area contributed by atoms with Gasteiger partial charge in [-0.25, -0.2) is 4.98 Å². The molecule has 2 N–H and O–H groups in total. The Morgan fingerprint density at radius 1 is 0.944 bits per heavy atom. The van der Waals surface area contributed by atoms with Crippen molar-refractivity contribution in [1.29, 1.82) is 0 Å². The molecule has 0 radical (unpaired) electrons. The van der Waals surface area contributed by atoms with Gasteiger partial charge in [0.15, 0.2) is 5.82 Å². The quantitative estimate of drug-likeness (QED) is 0.118. The number of nitrogens with one attached hydrogen (secondary N) is 1. The summed E-state index contributed by atoms with van der Waals surface area (Å²) in [6, 6.07) is 19.1. The standard InChI is InChI=1S/C39H28Cl2F3IN4O5/c1-18-3-2-4-26(32(18)50)31-24-13-14-25-30(36(53)48(34(25)51)23-11-9-22(45)10-12-23)27(24)16-28-35(52)49(37(54)38(28,31)19-5-7-21(40)8-6-19)47-33-29(41)15-20(17-46-33)39(42,43)44/h2-13,15,17,25,27-28,30-31,50H,14,16H2,1H3,(H,46,47)/t25-,27+,28-,30-,31+,38+/m0/s1. The van der Waals surface area contributed by atoms with Gasteiger partial charge in [-0.2, -0.15) is 18.2 Å². The summed E-state index contributed by atoms with van der Waals surface area (Å²) in [6.07, 6.45) is -2.23. The van der Waals surface area contributed by atoms with E-state index < -0.39 is 69.5 Å². The van der Waals surface area contributed by atoms with Crippen molar-refractivity contribution in [2.24, 2.45) is 23.7 Å². The van der Waals surface area contributed by atoms with E-state index in [1.54, 1.807) is 73.7 Å². The number of halogens is 6. The van der Waals surface area contributed by atoms with E-state index in [0.717, 1.165) is 8.58 Å². The van der Waals surface area contributed by atoms with E-state index in [-0.39, 0.29) is 30.3 Å². The van der Waals surface area contributed by atoms with E-state index in [4.69, 9.17) is 23.2 Å². The first-order chi connectivity index (χ1) is 25.6. The van der Waals surface area contributed by atoms with Crippen molar-refractivity contribution in [2.75, 3.05) is 10.3 Å². The zero-order chi connectivity index (χ0) is 38.4.